The van der Waals surface area contributed by atoms with Crippen molar-refractivity contribution in [1.29, 1.82) is 0 Å². The first-order valence-corrected chi connectivity index (χ1v) is 16.0. The number of fused-ring (bicyclic) bond motifs is 4. The molecule has 8 aromatic rings. The second-order valence-electron chi connectivity index (χ2n) is 12.0. The highest BCUT2D eigenvalue weighted by molar-refractivity contribution is 6.07. The van der Waals surface area contributed by atoms with E-state index in [1.165, 1.54) is 21.9 Å². The fourth-order valence-corrected chi connectivity index (χ4v) is 6.72. The number of furan rings is 1. The predicted octanol–water partition coefficient (Wildman–Crippen LogP) is 11.1. The molecule has 0 spiro atoms. The summed E-state index contributed by atoms with van der Waals surface area (Å²) in [4.78, 5) is 15.3. The van der Waals surface area contributed by atoms with Gasteiger partial charge in [0.1, 0.15) is 11.2 Å². The van der Waals surface area contributed by atoms with Crippen LogP contribution in [0.4, 0.5) is 0 Å². The average Bonchev–Trinajstić information content (AvgIpc) is 3.54. The Balaban J connectivity index is 1.14. The lowest BCUT2D eigenvalue weighted by Crippen LogP contribution is -2.07. The third kappa shape index (κ3) is 5.01. The van der Waals surface area contributed by atoms with Crippen molar-refractivity contribution in [3.8, 4) is 33.9 Å². The van der Waals surface area contributed by atoms with Gasteiger partial charge in [-0.1, -0.05) is 140 Å². The molecule has 47 heavy (non-hydrogen) atoms. The lowest BCUT2D eigenvalue weighted by Gasteiger charge is -2.20. The number of hydrogen-bond donors (Lipinski definition) is 0. The summed E-state index contributed by atoms with van der Waals surface area (Å²) in [5.41, 5.74) is 8.39. The van der Waals surface area contributed by atoms with E-state index in [0.717, 1.165) is 50.6 Å². The zero-order valence-corrected chi connectivity index (χ0v) is 25.5. The molecule has 9 rings (SSSR count). The highest BCUT2D eigenvalue weighted by Gasteiger charge is 2.22. The maximum atomic E-state index is 6.22. The molecule has 2 aromatic heterocycles. The van der Waals surface area contributed by atoms with E-state index in [1.54, 1.807) is 0 Å². The number of nitrogens with zero attached hydrogens (tertiary/aromatic N) is 3. The van der Waals surface area contributed by atoms with Crippen LogP contribution in [0.15, 0.2) is 162 Å². The molecule has 0 radical (unpaired) electrons. The molecule has 1 atom stereocenters. The molecule has 1 unspecified atom stereocenters. The minimum Gasteiger partial charge on any atom is -0.456 e. The SMILES string of the molecule is C1=CC(c2cccc3oc4ccccc4c23)CC(c2nc(-c3ccc(-c4ccccc4)cc3)nc(-c3ccc4ccccc4c3)n2)=C1. The lowest BCUT2D eigenvalue weighted by atomic mass is 9.85. The van der Waals surface area contributed by atoms with Crippen LogP contribution in [0, 0.1) is 0 Å². The summed E-state index contributed by atoms with van der Waals surface area (Å²) < 4.78 is 6.22. The molecule has 0 aliphatic heterocycles. The third-order valence-corrected chi connectivity index (χ3v) is 9.10. The van der Waals surface area contributed by atoms with Crippen molar-refractivity contribution in [1.82, 2.24) is 15.0 Å². The molecule has 0 bridgehead atoms. The summed E-state index contributed by atoms with van der Waals surface area (Å²) in [5.74, 6) is 2.17. The van der Waals surface area contributed by atoms with E-state index in [1.807, 2.05) is 18.2 Å². The molecular formula is C43H29N3O. The highest BCUT2D eigenvalue weighted by Crippen LogP contribution is 2.40. The molecule has 222 valence electrons. The highest BCUT2D eigenvalue weighted by atomic mass is 16.3. The minimum atomic E-state index is 0.147. The van der Waals surface area contributed by atoms with E-state index in [2.05, 4.69) is 140 Å². The van der Waals surface area contributed by atoms with Crippen LogP contribution in [0.5, 0.6) is 0 Å². The fourth-order valence-electron chi connectivity index (χ4n) is 6.72. The summed E-state index contributed by atoms with van der Waals surface area (Å²) >= 11 is 0. The maximum Gasteiger partial charge on any atom is 0.164 e. The topological polar surface area (TPSA) is 51.8 Å². The standard InChI is InChI=1S/C43H29N3O/c1-2-10-28(11-3-1)30-20-23-31(24-21-30)41-44-42(46-43(45-41)35-25-22-29-12-4-5-13-32(29)26-35)34-15-8-14-33(27-34)36-17-9-19-39-40(36)37-16-6-7-18-38(37)47-39/h1-26,33H,27H2. The summed E-state index contributed by atoms with van der Waals surface area (Å²) in [6.07, 6.45) is 7.32. The van der Waals surface area contributed by atoms with Crippen LogP contribution in [0.25, 0.3) is 72.2 Å². The molecule has 0 saturated heterocycles. The molecular weight excluding hydrogens is 574 g/mol. The number of allylic oxidation sites excluding steroid dienone is 4. The van der Waals surface area contributed by atoms with Gasteiger partial charge in [-0.3, -0.25) is 0 Å². The third-order valence-electron chi connectivity index (χ3n) is 9.10. The van der Waals surface area contributed by atoms with Crippen LogP contribution >= 0.6 is 0 Å². The molecule has 1 aliphatic rings. The summed E-state index contributed by atoms with van der Waals surface area (Å²) in [6.45, 7) is 0. The summed E-state index contributed by atoms with van der Waals surface area (Å²) in [6, 6.07) is 48.3. The van der Waals surface area contributed by atoms with Crippen molar-refractivity contribution in [2.24, 2.45) is 0 Å². The molecule has 4 heteroatoms. The van der Waals surface area contributed by atoms with Crippen molar-refractivity contribution in [3.63, 3.8) is 0 Å². The molecule has 1 aliphatic carbocycles. The van der Waals surface area contributed by atoms with Crippen molar-refractivity contribution in [3.05, 3.63) is 169 Å². The normalized spacial score (nSPS) is 14.6. The van der Waals surface area contributed by atoms with Gasteiger partial charge in [0.25, 0.3) is 0 Å². The van der Waals surface area contributed by atoms with Gasteiger partial charge in [-0.2, -0.15) is 0 Å². The van der Waals surface area contributed by atoms with Crippen LogP contribution < -0.4 is 0 Å². The Morgan fingerprint density at radius 2 is 1.17 bits per heavy atom. The van der Waals surface area contributed by atoms with E-state index >= 15 is 0 Å². The maximum absolute atomic E-state index is 6.22. The Bertz CT molecular complexity index is 2490. The number of benzene rings is 6. The molecule has 0 saturated carbocycles. The molecule has 6 aromatic carbocycles. The van der Waals surface area contributed by atoms with Gasteiger partial charge in [0.15, 0.2) is 17.5 Å². The van der Waals surface area contributed by atoms with Crippen molar-refractivity contribution in [2.45, 2.75) is 12.3 Å². The lowest BCUT2D eigenvalue weighted by molar-refractivity contribution is 0.668. The smallest absolute Gasteiger partial charge is 0.164 e. The Hall–Kier alpha value is -6.13. The average molecular weight is 604 g/mol. The molecule has 0 N–H and O–H groups in total. The quantitative estimate of drug-likeness (QED) is 0.196. The molecule has 0 fully saturated rings. The number of aromatic nitrogens is 3. The Morgan fingerprint density at radius 3 is 2.04 bits per heavy atom. The Kier molecular flexibility index (Phi) is 6.57. The van der Waals surface area contributed by atoms with Crippen LogP contribution in [0.2, 0.25) is 0 Å². The first-order chi connectivity index (χ1) is 23.3. The fraction of sp³-hybridized carbons (Fsp3) is 0.0465. The Morgan fingerprint density at radius 1 is 0.511 bits per heavy atom. The molecule has 0 amide bonds. The minimum absolute atomic E-state index is 0.147. The molecule has 4 nitrogen and oxygen atoms in total. The number of para-hydroxylation sites is 1. The van der Waals surface area contributed by atoms with Crippen LogP contribution in [0.1, 0.15) is 23.7 Å². The van der Waals surface area contributed by atoms with E-state index < -0.39 is 0 Å². The zero-order chi connectivity index (χ0) is 31.2. The van der Waals surface area contributed by atoms with E-state index in [4.69, 9.17) is 19.4 Å². The van der Waals surface area contributed by atoms with Gasteiger partial charge < -0.3 is 4.42 Å². The van der Waals surface area contributed by atoms with Gasteiger partial charge in [0.2, 0.25) is 0 Å². The zero-order valence-electron chi connectivity index (χ0n) is 25.5. The van der Waals surface area contributed by atoms with E-state index in [-0.39, 0.29) is 5.92 Å². The second kappa shape index (κ2) is 11.3. The van der Waals surface area contributed by atoms with Gasteiger partial charge in [-0.15, -0.1) is 0 Å². The van der Waals surface area contributed by atoms with Gasteiger partial charge in [-0.25, -0.2) is 15.0 Å². The Labute approximate surface area is 272 Å². The summed E-state index contributed by atoms with van der Waals surface area (Å²) in [7, 11) is 0. The van der Waals surface area contributed by atoms with Crippen LogP contribution in [-0.2, 0) is 0 Å². The monoisotopic (exact) mass is 603 g/mol. The first-order valence-electron chi connectivity index (χ1n) is 16.0. The summed E-state index contributed by atoms with van der Waals surface area (Å²) in [5, 5.41) is 4.65. The largest absolute Gasteiger partial charge is 0.456 e. The van der Waals surface area contributed by atoms with Crippen molar-refractivity contribution >= 4 is 38.3 Å². The molecule has 2 heterocycles. The van der Waals surface area contributed by atoms with E-state index in [0.29, 0.717) is 17.5 Å². The van der Waals surface area contributed by atoms with Crippen molar-refractivity contribution < 1.29 is 4.42 Å². The van der Waals surface area contributed by atoms with Crippen LogP contribution in [0.3, 0.4) is 0 Å². The van der Waals surface area contributed by atoms with Crippen LogP contribution in [-0.4, -0.2) is 15.0 Å². The number of hydrogen-bond acceptors (Lipinski definition) is 4. The van der Waals surface area contributed by atoms with Gasteiger partial charge in [0.05, 0.1) is 0 Å². The first kappa shape index (κ1) is 27.2. The number of rotatable bonds is 5. The van der Waals surface area contributed by atoms with E-state index in [9.17, 15) is 0 Å². The van der Waals surface area contributed by atoms with Crippen molar-refractivity contribution in [2.75, 3.05) is 0 Å². The predicted molar refractivity (Wildman–Crippen MR) is 192 cm³/mol. The second-order valence-corrected chi connectivity index (χ2v) is 12.0. The van der Waals surface area contributed by atoms with Gasteiger partial charge in [-0.05, 0) is 57.7 Å². The van der Waals surface area contributed by atoms with Gasteiger partial charge in [0, 0.05) is 27.8 Å². The van der Waals surface area contributed by atoms with Gasteiger partial charge >= 0.3 is 0 Å².